The fourth-order valence-electron chi connectivity index (χ4n) is 1.99. The van der Waals surface area contributed by atoms with Gasteiger partial charge in [-0.1, -0.05) is 25.4 Å². The van der Waals surface area contributed by atoms with Crippen molar-refractivity contribution in [2.75, 3.05) is 0 Å². The molecule has 0 radical (unpaired) electrons. The first-order valence-electron chi connectivity index (χ1n) is 7.16. The average molecular weight is 324 g/mol. The average Bonchev–Trinajstić information content (AvgIpc) is 2.78. The lowest BCUT2D eigenvalue weighted by molar-refractivity contribution is 0.306. The highest BCUT2D eigenvalue weighted by Gasteiger charge is 2.07. The molecule has 0 saturated heterocycles. The molecular formula is C17H22ClNOS. The fourth-order valence-corrected chi connectivity index (χ4v) is 3.11. The lowest BCUT2D eigenvalue weighted by Crippen LogP contribution is -2.21. The summed E-state index contributed by atoms with van der Waals surface area (Å²) in [6.07, 6.45) is 0. The fraction of sp³-hybridized carbons (Fsp3) is 0.412. The first-order chi connectivity index (χ1) is 9.95. The van der Waals surface area contributed by atoms with E-state index >= 15 is 0 Å². The molecule has 0 aliphatic rings. The highest BCUT2D eigenvalue weighted by atomic mass is 35.5. The monoisotopic (exact) mass is 323 g/mol. The molecule has 0 unspecified atom stereocenters. The van der Waals surface area contributed by atoms with Gasteiger partial charge in [0.1, 0.15) is 12.4 Å². The van der Waals surface area contributed by atoms with E-state index in [1.54, 1.807) is 0 Å². The van der Waals surface area contributed by atoms with Gasteiger partial charge in [-0.3, -0.25) is 0 Å². The maximum atomic E-state index is 6.03. The molecule has 0 aliphatic heterocycles. The Hall–Kier alpha value is -1.03. The molecule has 0 amide bonds. The lowest BCUT2D eigenvalue weighted by atomic mass is 10.2. The van der Waals surface area contributed by atoms with Crippen LogP contribution < -0.4 is 10.1 Å². The first-order valence-corrected chi connectivity index (χ1v) is 8.35. The number of hydrogen-bond acceptors (Lipinski definition) is 3. The van der Waals surface area contributed by atoms with Crippen molar-refractivity contribution in [3.63, 3.8) is 0 Å². The predicted molar refractivity (Wildman–Crippen MR) is 91.6 cm³/mol. The van der Waals surface area contributed by atoms with Gasteiger partial charge in [0.05, 0.1) is 0 Å². The van der Waals surface area contributed by atoms with Gasteiger partial charge < -0.3 is 10.1 Å². The van der Waals surface area contributed by atoms with Crippen molar-refractivity contribution in [2.45, 2.75) is 46.9 Å². The highest BCUT2D eigenvalue weighted by Crippen LogP contribution is 2.25. The topological polar surface area (TPSA) is 21.3 Å². The molecule has 0 saturated carbocycles. The molecule has 114 valence electrons. The van der Waals surface area contributed by atoms with Gasteiger partial charge >= 0.3 is 0 Å². The lowest BCUT2D eigenvalue weighted by Gasteiger charge is -2.07. The number of nitrogens with one attached hydrogen (secondary N) is 1. The Balaban J connectivity index is 1.97. The third-order valence-corrected chi connectivity index (χ3v) is 4.80. The Kier molecular flexibility index (Phi) is 5.68. The van der Waals surface area contributed by atoms with Gasteiger partial charge in [0, 0.05) is 32.9 Å². The molecule has 0 atom stereocenters. The van der Waals surface area contributed by atoms with E-state index in [-0.39, 0.29) is 0 Å². The van der Waals surface area contributed by atoms with E-state index in [1.807, 2.05) is 36.5 Å². The predicted octanol–water partition coefficient (Wildman–Crippen LogP) is 5.10. The minimum absolute atomic E-state index is 0.504. The summed E-state index contributed by atoms with van der Waals surface area (Å²) in [5, 5.41) is 4.22. The van der Waals surface area contributed by atoms with Crippen LogP contribution in [-0.2, 0) is 13.2 Å². The summed E-state index contributed by atoms with van der Waals surface area (Å²) < 4.78 is 5.88. The second kappa shape index (κ2) is 7.30. The maximum Gasteiger partial charge on any atom is 0.120 e. The zero-order valence-corrected chi connectivity index (χ0v) is 14.6. The van der Waals surface area contributed by atoms with Gasteiger partial charge in [-0.2, -0.15) is 0 Å². The SMILES string of the molecule is Cc1cc(OCc2cc(CNC(C)C)sc2C)ccc1Cl. The molecule has 4 heteroatoms. The smallest absolute Gasteiger partial charge is 0.120 e. The van der Waals surface area contributed by atoms with E-state index in [0.29, 0.717) is 12.6 Å². The minimum atomic E-state index is 0.504. The van der Waals surface area contributed by atoms with Crippen LogP contribution in [0.25, 0.3) is 0 Å². The molecule has 0 spiro atoms. The van der Waals surface area contributed by atoms with E-state index in [1.165, 1.54) is 15.3 Å². The second-order valence-corrected chi connectivity index (χ2v) is 7.28. The third-order valence-electron chi connectivity index (χ3n) is 3.28. The van der Waals surface area contributed by atoms with E-state index in [0.717, 1.165) is 22.9 Å². The third kappa shape index (κ3) is 4.73. The van der Waals surface area contributed by atoms with E-state index in [4.69, 9.17) is 16.3 Å². The Morgan fingerprint density at radius 2 is 2.00 bits per heavy atom. The Morgan fingerprint density at radius 1 is 1.24 bits per heavy atom. The van der Waals surface area contributed by atoms with Crippen molar-refractivity contribution in [2.24, 2.45) is 0 Å². The van der Waals surface area contributed by atoms with Crippen LogP contribution in [0.15, 0.2) is 24.3 Å². The molecular weight excluding hydrogens is 302 g/mol. The standard InChI is InChI=1S/C17H22ClNOS/c1-11(2)19-9-16-8-14(13(4)21-16)10-20-15-5-6-17(18)12(3)7-15/h5-8,11,19H,9-10H2,1-4H3. The van der Waals surface area contributed by atoms with Crippen molar-refractivity contribution in [1.82, 2.24) is 5.32 Å². The number of benzene rings is 1. The summed E-state index contributed by atoms with van der Waals surface area (Å²) >= 11 is 7.86. The van der Waals surface area contributed by atoms with Crippen LogP contribution in [-0.4, -0.2) is 6.04 Å². The summed E-state index contributed by atoms with van der Waals surface area (Å²) in [5.74, 6) is 0.865. The van der Waals surface area contributed by atoms with E-state index in [2.05, 4.69) is 32.2 Å². The van der Waals surface area contributed by atoms with Crippen LogP contribution in [0.5, 0.6) is 5.75 Å². The van der Waals surface area contributed by atoms with Gasteiger partial charge in [-0.05, 0) is 43.7 Å². The molecule has 2 aromatic rings. The highest BCUT2D eigenvalue weighted by molar-refractivity contribution is 7.12. The van der Waals surface area contributed by atoms with Crippen LogP contribution >= 0.6 is 22.9 Å². The van der Waals surface area contributed by atoms with Crippen molar-refractivity contribution in [3.05, 3.63) is 50.2 Å². The maximum absolute atomic E-state index is 6.03. The van der Waals surface area contributed by atoms with Crippen LogP contribution in [0.4, 0.5) is 0 Å². The molecule has 1 heterocycles. The van der Waals surface area contributed by atoms with E-state index < -0.39 is 0 Å². The number of halogens is 1. The molecule has 2 rings (SSSR count). The summed E-state index contributed by atoms with van der Waals surface area (Å²) in [6, 6.07) is 8.51. The van der Waals surface area contributed by atoms with Gasteiger partial charge in [0.2, 0.25) is 0 Å². The van der Waals surface area contributed by atoms with Crippen LogP contribution in [0.1, 0.15) is 34.7 Å². The molecule has 2 nitrogen and oxygen atoms in total. The second-order valence-electron chi connectivity index (χ2n) is 5.53. The molecule has 1 N–H and O–H groups in total. The van der Waals surface area contributed by atoms with Crippen LogP contribution in [0.3, 0.4) is 0 Å². The van der Waals surface area contributed by atoms with Crippen LogP contribution in [0, 0.1) is 13.8 Å². The number of ether oxygens (including phenoxy) is 1. The minimum Gasteiger partial charge on any atom is -0.489 e. The largest absolute Gasteiger partial charge is 0.489 e. The number of aryl methyl sites for hydroxylation is 2. The molecule has 1 aromatic carbocycles. The number of rotatable bonds is 6. The van der Waals surface area contributed by atoms with Gasteiger partial charge in [0.15, 0.2) is 0 Å². The van der Waals surface area contributed by atoms with Crippen molar-refractivity contribution >= 4 is 22.9 Å². The summed E-state index contributed by atoms with van der Waals surface area (Å²) in [6.45, 7) is 9.98. The Morgan fingerprint density at radius 3 is 2.67 bits per heavy atom. The van der Waals surface area contributed by atoms with Crippen molar-refractivity contribution < 1.29 is 4.74 Å². The van der Waals surface area contributed by atoms with Gasteiger partial charge in [-0.25, -0.2) is 0 Å². The molecule has 0 bridgehead atoms. The van der Waals surface area contributed by atoms with E-state index in [9.17, 15) is 0 Å². The van der Waals surface area contributed by atoms with Gasteiger partial charge in [0.25, 0.3) is 0 Å². The van der Waals surface area contributed by atoms with Crippen molar-refractivity contribution in [1.29, 1.82) is 0 Å². The summed E-state index contributed by atoms with van der Waals surface area (Å²) in [5.41, 5.74) is 2.30. The number of hydrogen-bond donors (Lipinski definition) is 1. The number of thiophene rings is 1. The molecule has 1 aromatic heterocycles. The Bertz CT molecular complexity index is 607. The summed E-state index contributed by atoms with van der Waals surface area (Å²) in [7, 11) is 0. The Labute approximate surface area is 136 Å². The molecule has 0 aliphatic carbocycles. The quantitative estimate of drug-likeness (QED) is 0.799. The van der Waals surface area contributed by atoms with Crippen molar-refractivity contribution in [3.8, 4) is 5.75 Å². The zero-order chi connectivity index (χ0) is 15.4. The first kappa shape index (κ1) is 16.3. The zero-order valence-electron chi connectivity index (χ0n) is 13.0. The normalized spacial score (nSPS) is 11.1. The molecule has 21 heavy (non-hydrogen) atoms. The van der Waals surface area contributed by atoms with Crippen LogP contribution in [0.2, 0.25) is 5.02 Å². The summed E-state index contributed by atoms with van der Waals surface area (Å²) in [4.78, 5) is 2.67. The van der Waals surface area contributed by atoms with Gasteiger partial charge in [-0.15, -0.1) is 11.3 Å². The molecule has 0 fully saturated rings.